The molecule has 0 saturated heterocycles. The summed E-state index contributed by atoms with van der Waals surface area (Å²) in [4.78, 5) is 10.5. The molecule has 0 bridgehead atoms. The fourth-order valence-electron chi connectivity index (χ4n) is 1.54. The number of hydrogen-bond donors (Lipinski definition) is 1. The molecule has 0 saturated carbocycles. The normalized spacial score (nSPS) is 12.4. The van der Waals surface area contributed by atoms with Gasteiger partial charge in [-0.05, 0) is 20.9 Å². The van der Waals surface area contributed by atoms with Crippen molar-refractivity contribution in [1.29, 1.82) is 5.26 Å². The third-order valence-corrected chi connectivity index (χ3v) is 2.14. The number of rotatable bonds is 4. The fourth-order valence-corrected chi connectivity index (χ4v) is 1.54. The molecule has 1 heterocycles. The predicted molar refractivity (Wildman–Crippen MR) is 62.3 cm³/mol. The molecule has 1 rings (SSSR count). The van der Waals surface area contributed by atoms with Crippen LogP contribution in [0.5, 0.6) is 0 Å². The highest BCUT2D eigenvalue weighted by Gasteiger charge is 2.08. The van der Waals surface area contributed by atoms with Crippen LogP contribution in [0.15, 0.2) is 6.07 Å². The van der Waals surface area contributed by atoms with Crippen molar-refractivity contribution < 1.29 is 0 Å². The monoisotopic (exact) mass is 219 g/mol. The van der Waals surface area contributed by atoms with Gasteiger partial charge in [-0.15, -0.1) is 0 Å². The van der Waals surface area contributed by atoms with Crippen LogP contribution in [-0.2, 0) is 6.54 Å². The summed E-state index contributed by atoms with van der Waals surface area (Å²) >= 11 is 0. The van der Waals surface area contributed by atoms with Crippen molar-refractivity contribution in [3.05, 3.63) is 17.6 Å². The van der Waals surface area contributed by atoms with Crippen molar-refractivity contribution in [1.82, 2.24) is 14.9 Å². The first-order chi connectivity index (χ1) is 7.51. The number of nitrogen functional groups attached to an aromatic ring is 1. The molecule has 1 atom stereocenters. The summed E-state index contributed by atoms with van der Waals surface area (Å²) < 4.78 is 0. The lowest BCUT2D eigenvalue weighted by molar-refractivity contribution is 0.296. The van der Waals surface area contributed by atoms with Gasteiger partial charge in [0.1, 0.15) is 11.6 Å². The number of nitrogens with two attached hydrogens (primary N) is 1. The van der Waals surface area contributed by atoms with Crippen molar-refractivity contribution in [3.8, 4) is 6.07 Å². The van der Waals surface area contributed by atoms with Gasteiger partial charge >= 0.3 is 0 Å². The molecule has 0 aliphatic rings. The van der Waals surface area contributed by atoms with Crippen LogP contribution in [0.25, 0.3) is 0 Å². The molecule has 1 aromatic rings. The maximum atomic E-state index is 8.71. The Hall–Kier alpha value is -1.67. The third-order valence-electron chi connectivity index (χ3n) is 2.14. The third kappa shape index (κ3) is 3.83. The molecule has 0 radical (unpaired) electrons. The number of aromatic nitrogens is 2. The number of nitrogens with zero attached hydrogens (tertiary/aromatic N) is 4. The zero-order chi connectivity index (χ0) is 12.1. The van der Waals surface area contributed by atoms with E-state index in [9.17, 15) is 0 Å². The standard InChI is InChI=1S/C11H17N5/c1-8(5-12)6-16(3)7-11-14-9(2)4-10(13)15-11/h4,8H,6-7H2,1-3H3,(H2,13,14,15). The molecule has 1 unspecified atom stereocenters. The van der Waals surface area contributed by atoms with Gasteiger partial charge in [-0.2, -0.15) is 5.26 Å². The van der Waals surface area contributed by atoms with Gasteiger partial charge in [0.25, 0.3) is 0 Å². The summed E-state index contributed by atoms with van der Waals surface area (Å²) in [5.74, 6) is 1.20. The maximum Gasteiger partial charge on any atom is 0.144 e. The number of aryl methyl sites for hydroxylation is 1. The highest BCUT2D eigenvalue weighted by molar-refractivity contribution is 5.29. The Morgan fingerprint density at radius 2 is 2.25 bits per heavy atom. The molecule has 0 aliphatic heterocycles. The number of hydrogen-bond acceptors (Lipinski definition) is 5. The largest absolute Gasteiger partial charge is 0.384 e. The van der Waals surface area contributed by atoms with Gasteiger partial charge in [-0.1, -0.05) is 0 Å². The molecule has 0 fully saturated rings. The zero-order valence-corrected chi connectivity index (χ0v) is 9.94. The Labute approximate surface area is 95.9 Å². The summed E-state index contributed by atoms with van der Waals surface area (Å²) in [5.41, 5.74) is 6.51. The van der Waals surface area contributed by atoms with Gasteiger partial charge in [0.2, 0.25) is 0 Å². The van der Waals surface area contributed by atoms with E-state index in [2.05, 4.69) is 16.0 Å². The van der Waals surface area contributed by atoms with Gasteiger partial charge in [0, 0.05) is 18.3 Å². The molecule has 2 N–H and O–H groups in total. The summed E-state index contributed by atoms with van der Waals surface area (Å²) in [7, 11) is 1.94. The van der Waals surface area contributed by atoms with Crippen molar-refractivity contribution in [2.45, 2.75) is 20.4 Å². The Kier molecular flexibility index (Phi) is 4.20. The van der Waals surface area contributed by atoms with Crippen molar-refractivity contribution in [3.63, 3.8) is 0 Å². The maximum absolute atomic E-state index is 8.71. The van der Waals surface area contributed by atoms with Crippen LogP contribution >= 0.6 is 0 Å². The molecule has 5 heteroatoms. The van der Waals surface area contributed by atoms with Crippen LogP contribution in [0.2, 0.25) is 0 Å². The topological polar surface area (TPSA) is 78.8 Å². The molecule has 0 spiro atoms. The smallest absolute Gasteiger partial charge is 0.144 e. The molecule has 0 aliphatic carbocycles. The highest BCUT2D eigenvalue weighted by Crippen LogP contribution is 2.05. The summed E-state index contributed by atoms with van der Waals surface area (Å²) in [6.45, 7) is 5.09. The van der Waals surface area contributed by atoms with E-state index < -0.39 is 0 Å². The van der Waals surface area contributed by atoms with E-state index in [0.29, 0.717) is 24.7 Å². The molecule has 5 nitrogen and oxygen atoms in total. The molecular formula is C11H17N5. The minimum atomic E-state index is 0.00663. The second-order valence-electron chi connectivity index (χ2n) is 4.08. The second kappa shape index (κ2) is 5.42. The number of anilines is 1. The van der Waals surface area contributed by atoms with E-state index >= 15 is 0 Å². The first-order valence-corrected chi connectivity index (χ1v) is 5.19. The lowest BCUT2D eigenvalue weighted by Gasteiger charge is -2.16. The molecule has 0 aromatic carbocycles. The zero-order valence-electron chi connectivity index (χ0n) is 9.94. The van der Waals surface area contributed by atoms with E-state index in [4.69, 9.17) is 11.0 Å². The van der Waals surface area contributed by atoms with Gasteiger partial charge in [-0.3, -0.25) is 4.90 Å². The van der Waals surface area contributed by atoms with Crippen molar-refractivity contribution in [2.75, 3.05) is 19.3 Å². The predicted octanol–water partition coefficient (Wildman–Crippen LogP) is 0.959. The average Bonchev–Trinajstić information content (AvgIpc) is 2.15. The van der Waals surface area contributed by atoms with Crippen molar-refractivity contribution in [2.24, 2.45) is 5.92 Å². The average molecular weight is 219 g/mol. The quantitative estimate of drug-likeness (QED) is 0.816. The first-order valence-electron chi connectivity index (χ1n) is 5.19. The van der Waals surface area contributed by atoms with E-state index in [-0.39, 0.29) is 5.92 Å². The Morgan fingerprint density at radius 1 is 1.56 bits per heavy atom. The van der Waals surface area contributed by atoms with E-state index in [1.807, 2.05) is 25.8 Å². The molecule has 1 aromatic heterocycles. The van der Waals surface area contributed by atoms with Crippen LogP contribution in [0.3, 0.4) is 0 Å². The lowest BCUT2D eigenvalue weighted by atomic mass is 10.2. The molecule has 86 valence electrons. The van der Waals surface area contributed by atoms with Gasteiger partial charge < -0.3 is 5.73 Å². The van der Waals surface area contributed by atoms with E-state index in [1.165, 1.54) is 0 Å². The number of nitriles is 1. The van der Waals surface area contributed by atoms with Crippen LogP contribution in [0.4, 0.5) is 5.82 Å². The van der Waals surface area contributed by atoms with Crippen LogP contribution in [0.1, 0.15) is 18.4 Å². The van der Waals surface area contributed by atoms with E-state index in [1.54, 1.807) is 6.07 Å². The highest BCUT2D eigenvalue weighted by atomic mass is 15.1. The van der Waals surface area contributed by atoms with Crippen LogP contribution < -0.4 is 5.73 Å². The minimum Gasteiger partial charge on any atom is -0.384 e. The molecule has 16 heavy (non-hydrogen) atoms. The fraction of sp³-hybridized carbons (Fsp3) is 0.545. The van der Waals surface area contributed by atoms with Gasteiger partial charge in [0.05, 0.1) is 18.5 Å². The minimum absolute atomic E-state index is 0.00663. The summed E-state index contributed by atoms with van der Waals surface area (Å²) in [6, 6.07) is 3.93. The summed E-state index contributed by atoms with van der Waals surface area (Å²) in [5, 5.41) is 8.71. The summed E-state index contributed by atoms with van der Waals surface area (Å²) in [6.07, 6.45) is 0. The van der Waals surface area contributed by atoms with Gasteiger partial charge in [0.15, 0.2) is 0 Å². The van der Waals surface area contributed by atoms with Gasteiger partial charge in [-0.25, -0.2) is 9.97 Å². The van der Waals surface area contributed by atoms with Crippen LogP contribution in [0, 0.1) is 24.2 Å². The lowest BCUT2D eigenvalue weighted by Crippen LogP contribution is -2.24. The Bertz CT molecular complexity index is 376. The first kappa shape index (κ1) is 12.4. The van der Waals surface area contributed by atoms with Crippen molar-refractivity contribution >= 4 is 5.82 Å². The van der Waals surface area contributed by atoms with Crippen LogP contribution in [-0.4, -0.2) is 28.5 Å². The Balaban J connectivity index is 2.63. The molecule has 0 amide bonds. The van der Waals surface area contributed by atoms with E-state index in [0.717, 1.165) is 5.69 Å². The SMILES string of the molecule is Cc1cc(N)nc(CN(C)CC(C)C#N)n1. The second-order valence-corrected chi connectivity index (χ2v) is 4.08. The molecular weight excluding hydrogens is 202 g/mol. The Morgan fingerprint density at radius 3 is 2.81 bits per heavy atom.